The topological polar surface area (TPSA) is 605 Å². The Morgan fingerprint density at radius 2 is 1.29 bits per heavy atom. The van der Waals surface area contributed by atoms with E-state index < -0.39 is 248 Å². The average Bonchev–Trinajstić information content (AvgIpc) is 0.767. The van der Waals surface area contributed by atoms with Gasteiger partial charge in [-0.25, -0.2) is 4.79 Å². The molecule has 0 spiro atoms. The minimum atomic E-state index is -4.67. The summed E-state index contributed by atoms with van der Waals surface area (Å²) in [5, 5.41) is 131. The van der Waals surface area contributed by atoms with Gasteiger partial charge in [0.1, 0.15) is 89.5 Å². The number of rotatable bonds is 13. The number of aromatic hydroxyl groups is 3. The number of benzene rings is 5. The van der Waals surface area contributed by atoms with Gasteiger partial charge in [0, 0.05) is 34.7 Å². The number of carbonyl (C=O) groups is 8. The van der Waals surface area contributed by atoms with Gasteiger partial charge in [-0.15, -0.1) is 0 Å². The number of likely N-dealkylation sites (N-methyl/N-ethyl adjacent to an activating group) is 1. The third kappa shape index (κ3) is 18.4. The molecule has 2 fully saturated rings. The van der Waals surface area contributed by atoms with Crippen LogP contribution in [0.3, 0.4) is 0 Å². The Balaban J connectivity index is 0.00000251. The Hall–Kier alpha value is -9.33. The number of primary amides is 1. The number of aliphatic carboxylic acids is 1. The second kappa shape index (κ2) is 32.8. The smallest absolute Gasteiger partial charge is 0.394 e. The number of phenols is 3. The molecular weight excluding hydrogens is 1470 g/mol. The van der Waals surface area contributed by atoms with E-state index in [1.54, 1.807) is 0 Å². The molecule has 7 aliphatic rings. The molecule has 23 N–H and O–H groups in total. The highest BCUT2D eigenvalue weighted by atomic mass is 35.5. The molecule has 0 saturated carbocycles. The van der Waals surface area contributed by atoms with Crippen LogP contribution in [-0.2, 0) is 63.0 Å². The number of halogens is 2. The van der Waals surface area contributed by atoms with Crippen molar-refractivity contribution in [3.8, 4) is 57.1 Å². The van der Waals surface area contributed by atoms with Crippen LogP contribution in [0.15, 0.2) is 78.9 Å². The number of phenolic OH excluding ortho intramolecular Hbond substituents is 3. The van der Waals surface area contributed by atoms with Gasteiger partial charge >= 0.3 is 16.4 Å². The maximum absolute atomic E-state index is 16.0. The van der Waals surface area contributed by atoms with E-state index in [-0.39, 0.29) is 46.2 Å². The highest BCUT2D eigenvalue weighted by molar-refractivity contribution is 7.79. The number of nitrogens with one attached hydrogen (secondary N) is 7. The van der Waals surface area contributed by atoms with E-state index in [1.807, 2.05) is 13.8 Å². The molecule has 37 nitrogen and oxygen atoms in total. The first-order valence-corrected chi connectivity index (χ1v) is 34.5. The van der Waals surface area contributed by atoms with E-state index >= 15 is 14.4 Å². The fraction of sp³-hybridized carbons (Fsp3) is 0.424. The minimum absolute atomic E-state index is 0.0975. The third-order valence-electron chi connectivity index (χ3n) is 17.8. The zero-order valence-electron chi connectivity index (χ0n) is 56.4. The van der Waals surface area contributed by atoms with Gasteiger partial charge in [0.25, 0.3) is 0 Å². The molecule has 0 radical (unpaired) electrons. The average molecular weight is 1550 g/mol. The summed E-state index contributed by atoms with van der Waals surface area (Å²) in [6, 6.07) is -0.679. The van der Waals surface area contributed by atoms with Crippen LogP contribution < -0.4 is 62.9 Å². The Kier molecular flexibility index (Phi) is 25.0. The molecule has 106 heavy (non-hydrogen) atoms. The molecule has 18 unspecified atom stereocenters. The number of ether oxygens (including phenoxy) is 6. The second-order valence-corrected chi connectivity index (χ2v) is 27.9. The summed E-state index contributed by atoms with van der Waals surface area (Å²) in [5.74, 6) is -16.0. The van der Waals surface area contributed by atoms with Crippen LogP contribution in [0.1, 0.15) is 105 Å². The van der Waals surface area contributed by atoms with Gasteiger partial charge in [-0.2, -0.15) is 8.42 Å². The lowest BCUT2D eigenvalue weighted by Crippen LogP contribution is -2.64. The Labute approximate surface area is 611 Å². The molecule has 7 amide bonds. The van der Waals surface area contributed by atoms with Gasteiger partial charge in [0.15, 0.2) is 29.9 Å². The molecule has 5 aromatic carbocycles. The van der Waals surface area contributed by atoms with Crippen LogP contribution in [0, 0.1) is 5.92 Å². The van der Waals surface area contributed by atoms with Crippen molar-refractivity contribution >= 4 is 80.9 Å². The van der Waals surface area contributed by atoms with Gasteiger partial charge in [0.05, 0.1) is 41.3 Å². The molecule has 11 bridgehead atoms. The van der Waals surface area contributed by atoms with Gasteiger partial charge < -0.3 is 128 Å². The van der Waals surface area contributed by atoms with Crippen LogP contribution in [-0.4, -0.2) is 208 Å². The van der Waals surface area contributed by atoms with Crippen molar-refractivity contribution < 1.29 is 135 Å². The van der Waals surface area contributed by atoms with Gasteiger partial charge in [0.2, 0.25) is 53.4 Å². The molecule has 7 aliphatic heterocycles. The fourth-order valence-electron chi connectivity index (χ4n) is 12.5. The van der Waals surface area contributed by atoms with Gasteiger partial charge in [-0.1, -0.05) is 55.2 Å². The van der Waals surface area contributed by atoms with Crippen molar-refractivity contribution in [1.82, 2.24) is 37.2 Å². The van der Waals surface area contributed by atoms with Crippen molar-refractivity contribution in [2.75, 3.05) is 13.7 Å². The summed E-state index contributed by atoms with van der Waals surface area (Å²) in [5.41, 5.74) is 8.00. The number of nitrogens with two attached hydrogens (primary N) is 2. The van der Waals surface area contributed by atoms with Crippen LogP contribution >= 0.6 is 23.2 Å². The minimum Gasteiger partial charge on any atom is -0.508 e. The number of carboxylic acids is 1. The summed E-state index contributed by atoms with van der Waals surface area (Å²) in [6.07, 6.45) is -18.6. The zero-order chi connectivity index (χ0) is 78.0. The van der Waals surface area contributed by atoms with E-state index in [1.165, 1.54) is 33.0 Å². The molecule has 18 atom stereocenters. The van der Waals surface area contributed by atoms with E-state index in [4.69, 9.17) is 80.6 Å². The Bertz CT molecular complexity index is 4340. The lowest BCUT2D eigenvalue weighted by molar-refractivity contribution is -0.333. The third-order valence-corrected chi connectivity index (χ3v) is 18.4. The highest BCUT2D eigenvalue weighted by Crippen LogP contribution is 2.50. The molecular formula is C66H77Cl2N9O28S. The normalized spacial score (nSPS) is 28.6. The molecule has 5 aromatic rings. The van der Waals surface area contributed by atoms with E-state index in [9.17, 15) is 75.0 Å². The number of hydrogen-bond donors (Lipinski definition) is 21. The fourth-order valence-corrected chi connectivity index (χ4v) is 12.9. The van der Waals surface area contributed by atoms with Crippen molar-refractivity contribution in [3.63, 3.8) is 0 Å². The van der Waals surface area contributed by atoms with Crippen molar-refractivity contribution in [1.29, 1.82) is 0 Å². The number of carbonyl (C=O) groups excluding carboxylic acids is 7. The van der Waals surface area contributed by atoms with Gasteiger partial charge in [-0.05, 0) is 110 Å². The molecule has 2 saturated heterocycles. The molecule has 0 aromatic heterocycles. The lowest BCUT2D eigenvalue weighted by atomic mass is 9.86. The van der Waals surface area contributed by atoms with Crippen LogP contribution in [0.25, 0.3) is 11.1 Å². The quantitative estimate of drug-likeness (QED) is 0.0658. The monoisotopic (exact) mass is 1550 g/mol. The first-order valence-electron chi connectivity index (χ1n) is 32.3. The predicted octanol–water partition coefficient (Wildman–Crippen LogP) is -0.547. The van der Waals surface area contributed by atoms with Crippen LogP contribution in [0.5, 0.6) is 46.0 Å². The first-order chi connectivity index (χ1) is 49.7. The van der Waals surface area contributed by atoms with Crippen molar-refractivity contribution in [3.05, 3.63) is 117 Å². The largest absolute Gasteiger partial charge is 0.508 e. The van der Waals surface area contributed by atoms with Crippen LogP contribution in [0.4, 0.5) is 0 Å². The van der Waals surface area contributed by atoms with Gasteiger partial charge in [-0.3, -0.25) is 42.7 Å². The number of aliphatic hydroxyl groups is 6. The van der Waals surface area contributed by atoms with Crippen molar-refractivity contribution in [2.45, 2.75) is 156 Å². The summed E-state index contributed by atoms with van der Waals surface area (Å²) >= 11 is 14.1. The first kappa shape index (κ1) is 80.8. The lowest BCUT2D eigenvalue weighted by Gasteiger charge is -2.47. The summed E-state index contributed by atoms with van der Waals surface area (Å²) in [4.78, 5) is 117. The molecule has 40 heteroatoms. The second-order valence-electron chi connectivity index (χ2n) is 26.2. The number of carboxylic acid groups (broad SMARTS) is 1. The van der Waals surface area contributed by atoms with E-state index in [0.29, 0.717) is 0 Å². The number of fused-ring (bicyclic) bond motifs is 15. The summed E-state index contributed by atoms with van der Waals surface area (Å²) < 4.78 is 69.9. The summed E-state index contributed by atoms with van der Waals surface area (Å²) in [6.45, 7) is 5.66. The predicted molar refractivity (Wildman–Crippen MR) is 363 cm³/mol. The van der Waals surface area contributed by atoms with Crippen molar-refractivity contribution in [2.24, 2.45) is 17.4 Å². The molecule has 0 aliphatic carbocycles. The Morgan fingerprint density at radius 1 is 0.717 bits per heavy atom. The maximum atomic E-state index is 16.0. The Morgan fingerprint density at radius 3 is 1.85 bits per heavy atom. The summed E-state index contributed by atoms with van der Waals surface area (Å²) in [7, 11) is -3.19. The molecule has 574 valence electrons. The standard InChI is InChI=1S/C66H75Cl2N9O24.H2O4S/c1-23(2)12-34(71-5)58(88)76-49-51(83)26-7-10-38(32(67)14-26)97-40-16-28-17-41(55(40)101-65-56(54(86)53(85)42(22-78)99-65)100-44-21-66(4,70)57(87)24(3)96-44)98-39-11-8-27(15-33(39)68)52(84)50-63(93)75-48(64(94)95)31-18-29(79)19-37(81)45(31)30-13-25(6-9-36(30)80)46(60(90)77-50)74-61(91)47(28)73-59(89)35(20-43(69)82)72-62(49)92;1-5(2,3)4/h6-11,13-19,23-24,34-35,42,44,46-54,56-57,65,71,78-81,83-87H,12,20-22,70H2,1-5H3,(H2,69,82)(H,72,92)(H,73,89)(H,74,91)(H,75,93)(H,76,88)(H,77,90)(H,94,95);(H2,1,2,3,4). The number of hydrogen-bond acceptors (Lipinski definition) is 27. The van der Waals surface area contributed by atoms with E-state index in [2.05, 4.69) is 37.2 Å². The zero-order valence-corrected chi connectivity index (χ0v) is 58.8. The number of amides is 7. The van der Waals surface area contributed by atoms with Crippen LogP contribution in [0.2, 0.25) is 10.0 Å². The van der Waals surface area contributed by atoms with E-state index in [0.717, 1.165) is 66.7 Å². The highest BCUT2D eigenvalue weighted by Gasteiger charge is 2.51. The SMILES string of the molecule is CNC(CC(C)C)C(=O)NC1C(=O)NC(CC(N)=O)C(=O)NC2C(=O)NC3C(=O)NC(C(=O)NC(C(=O)O)c4cc(O)cc(O)c4-c4cc3ccc4O)C(O)c3ccc(c(Cl)c3)Oc3cc2cc(c3OC2OC(CO)C(O)C(O)C2OC2CC(C)(N)C(O)C(C)O2)Oc2ccc(cc2Cl)C1O.O=S(=O)(O)O. The molecule has 12 rings (SSSR count). The molecule has 7 heterocycles. The number of aliphatic hydroxyl groups excluding tert-OH is 6. The maximum Gasteiger partial charge on any atom is 0.394 e.